The number of benzene rings is 1. The highest BCUT2D eigenvalue weighted by Gasteiger charge is 2.03. The van der Waals surface area contributed by atoms with Crippen molar-refractivity contribution in [3.63, 3.8) is 0 Å². The Kier molecular flexibility index (Phi) is 5.69. The smallest absolute Gasteiger partial charge is 0.147 e. The van der Waals surface area contributed by atoms with Gasteiger partial charge >= 0.3 is 0 Å². The molecule has 0 unspecified atom stereocenters. The SMILES string of the molecule is CS(=O)(=O)CCCOc1ccccc1C#CCN. The minimum atomic E-state index is -2.93. The van der Waals surface area contributed by atoms with E-state index >= 15 is 0 Å². The van der Waals surface area contributed by atoms with Crippen molar-refractivity contribution in [2.45, 2.75) is 6.42 Å². The Morgan fingerprint density at radius 3 is 2.72 bits per heavy atom. The Balaban J connectivity index is 2.57. The summed E-state index contributed by atoms with van der Waals surface area (Å²) in [6, 6.07) is 7.36. The van der Waals surface area contributed by atoms with E-state index in [1.54, 1.807) is 6.07 Å². The van der Waals surface area contributed by atoms with E-state index < -0.39 is 9.84 Å². The van der Waals surface area contributed by atoms with Crippen molar-refractivity contribution in [1.29, 1.82) is 0 Å². The van der Waals surface area contributed by atoms with Crippen LogP contribution in [0.15, 0.2) is 24.3 Å². The van der Waals surface area contributed by atoms with Gasteiger partial charge in [0.25, 0.3) is 0 Å². The molecule has 5 heteroatoms. The van der Waals surface area contributed by atoms with Crippen molar-refractivity contribution in [2.75, 3.05) is 25.2 Å². The van der Waals surface area contributed by atoms with E-state index in [0.29, 0.717) is 25.3 Å². The summed E-state index contributed by atoms with van der Waals surface area (Å²) in [7, 11) is -2.93. The van der Waals surface area contributed by atoms with Gasteiger partial charge in [-0.05, 0) is 18.6 Å². The molecule has 1 aromatic rings. The summed E-state index contributed by atoms with van der Waals surface area (Å²) in [4.78, 5) is 0. The zero-order valence-corrected chi connectivity index (χ0v) is 11.2. The van der Waals surface area contributed by atoms with Crippen molar-refractivity contribution in [2.24, 2.45) is 5.73 Å². The van der Waals surface area contributed by atoms with Crippen LogP contribution >= 0.6 is 0 Å². The van der Waals surface area contributed by atoms with Crippen molar-refractivity contribution in [3.05, 3.63) is 29.8 Å². The van der Waals surface area contributed by atoms with Gasteiger partial charge < -0.3 is 10.5 Å². The van der Waals surface area contributed by atoms with Gasteiger partial charge in [0.15, 0.2) is 0 Å². The molecule has 0 heterocycles. The molecule has 0 saturated carbocycles. The summed E-state index contributed by atoms with van der Waals surface area (Å²) >= 11 is 0. The fourth-order valence-corrected chi connectivity index (χ4v) is 1.99. The van der Waals surface area contributed by atoms with Gasteiger partial charge in [-0.3, -0.25) is 0 Å². The van der Waals surface area contributed by atoms with Crippen molar-refractivity contribution in [1.82, 2.24) is 0 Å². The first-order valence-electron chi connectivity index (χ1n) is 5.61. The van der Waals surface area contributed by atoms with Crippen LogP contribution in [-0.4, -0.2) is 33.6 Å². The predicted octanol–water partition coefficient (Wildman–Crippen LogP) is 0.810. The highest BCUT2D eigenvalue weighted by Crippen LogP contribution is 2.16. The fraction of sp³-hybridized carbons (Fsp3) is 0.385. The zero-order chi connectivity index (χ0) is 13.4. The maximum absolute atomic E-state index is 11.0. The third-order valence-corrected chi connectivity index (χ3v) is 3.16. The average Bonchev–Trinajstić information content (AvgIpc) is 2.32. The second kappa shape index (κ2) is 7.04. The van der Waals surface area contributed by atoms with Crippen molar-refractivity contribution in [3.8, 4) is 17.6 Å². The summed E-state index contributed by atoms with van der Waals surface area (Å²) in [5.74, 6) is 6.46. The number of rotatable bonds is 5. The van der Waals surface area contributed by atoms with Crippen LogP contribution in [0.3, 0.4) is 0 Å². The largest absolute Gasteiger partial charge is 0.492 e. The number of sulfone groups is 1. The molecular formula is C13H17NO3S. The molecule has 0 spiro atoms. The third kappa shape index (κ3) is 5.71. The Hall–Kier alpha value is -1.51. The van der Waals surface area contributed by atoms with E-state index in [1.807, 2.05) is 18.2 Å². The lowest BCUT2D eigenvalue weighted by Gasteiger charge is -2.07. The van der Waals surface area contributed by atoms with Gasteiger partial charge in [-0.25, -0.2) is 8.42 Å². The molecule has 0 aromatic heterocycles. The van der Waals surface area contributed by atoms with Gasteiger partial charge in [0.1, 0.15) is 15.6 Å². The van der Waals surface area contributed by atoms with E-state index in [-0.39, 0.29) is 5.75 Å². The van der Waals surface area contributed by atoms with Gasteiger partial charge in [-0.15, -0.1) is 0 Å². The lowest BCUT2D eigenvalue weighted by molar-refractivity contribution is 0.317. The molecule has 0 fully saturated rings. The molecule has 0 aliphatic rings. The van der Waals surface area contributed by atoms with Crippen LogP contribution in [0.1, 0.15) is 12.0 Å². The number of hydrogen-bond acceptors (Lipinski definition) is 4. The molecule has 98 valence electrons. The van der Waals surface area contributed by atoms with Crippen molar-refractivity contribution >= 4 is 9.84 Å². The van der Waals surface area contributed by atoms with E-state index in [2.05, 4.69) is 11.8 Å². The van der Waals surface area contributed by atoms with Crippen LogP contribution in [0.4, 0.5) is 0 Å². The molecule has 0 amide bonds. The number of para-hydroxylation sites is 1. The molecule has 4 nitrogen and oxygen atoms in total. The molecule has 0 saturated heterocycles. The molecule has 1 rings (SSSR count). The van der Waals surface area contributed by atoms with Crippen LogP contribution in [0.5, 0.6) is 5.75 Å². The average molecular weight is 267 g/mol. The first-order valence-corrected chi connectivity index (χ1v) is 7.67. The van der Waals surface area contributed by atoms with Gasteiger partial charge in [0.05, 0.1) is 24.5 Å². The highest BCUT2D eigenvalue weighted by molar-refractivity contribution is 7.90. The first-order chi connectivity index (χ1) is 8.53. The number of ether oxygens (including phenoxy) is 1. The Labute approximate surface area is 108 Å². The minimum Gasteiger partial charge on any atom is -0.492 e. The third-order valence-electron chi connectivity index (χ3n) is 2.13. The maximum atomic E-state index is 11.0. The number of nitrogens with two attached hydrogens (primary N) is 1. The lowest BCUT2D eigenvalue weighted by Crippen LogP contribution is -2.08. The van der Waals surface area contributed by atoms with E-state index in [1.165, 1.54) is 6.26 Å². The second-order valence-electron chi connectivity index (χ2n) is 3.83. The van der Waals surface area contributed by atoms with E-state index in [0.717, 1.165) is 5.56 Å². The van der Waals surface area contributed by atoms with Gasteiger partial charge in [-0.1, -0.05) is 24.0 Å². The Bertz CT molecular complexity index is 541. The molecule has 1 aromatic carbocycles. The highest BCUT2D eigenvalue weighted by atomic mass is 32.2. The van der Waals surface area contributed by atoms with Gasteiger partial charge in [-0.2, -0.15) is 0 Å². The molecule has 0 aliphatic carbocycles. The second-order valence-corrected chi connectivity index (χ2v) is 6.09. The molecule has 0 atom stereocenters. The molecule has 2 N–H and O–H groups in total. The predicted molar refractivity (Wildman–Crippen MR) is 72.2 cm³/mol. The molecule has 0 aliphatic heterocycles. The molecule has 0 bridgehead atoms. The van der Waals surface area contributed by atoms with E-state index in [4.69, 9.17) is 10.5 Å². The summed E-state index contributed by atoms with van der Waals surface area (Å²) in [6.07, 6.45) is 1.69. The first kappa shape index (κ1) is 14.6. The minimum absolute atomic E-state index is 0.129. The number of hydrogen-bond donors (Lipinski definition) is 1. The quantitative estimate of drug-likeness (QED) is 0.633. The lowest BCUT2D eigenvalue weighted by atomic mass is 10.2. The normalized spacial score (nSPS) is 10.6. The Morgan fingerprint density at radius 1 is 1.33 bits per heavy atom. The molecule has 18 heavy (non-hydrogen) atoms. The maximum Gasteiger partial charge on any atom is 0.147 e. The summed E-state index contributed by atoms with van der Waals surface area (Å²) in [5, 5.41) is 0. The molecule has 0 radical (unpaired) electrons. The van der Waals surface area contributed by atoms with Crippen molar-refractivity contribution < 1.29 is 13.2 Å². The van der Waals surface area contributed by atoms with Crippen LogP contribution < -0.4 is 10.5 Å². The summed E-state index contributed by atoms with van der Waals surface area (Å²) < 4.78 is 27.4. The van der Waals surface area contributed by atoms with Crippen LogP contribution in [0.2, 0.25) is 0 Å². The zero-order valence-electron chi connectivity index (χ0n) is 10.3. The fourth-order valence-electron chi connectivity index (χ4n) is 1.35. The standard InChI is InChI=1S/C13H17NO3S/c1-18(15,16)11-5-10-17-13-8-3-2-6-12(13)7-4-9-14/h2-3,6,8H,5,9-11,14H2,1H3. The topological polar surface area (TPSA) is 69.4 Å². The summed E-state index contributed by atoms with van der Waals surface area (Å²) in [5.41, 5.74) is 6.08. The van der Waals surface area contributed by atoms with Gasteiger partial charge in [0.2, 0.25) is 0 Å². The van der Waals surface area contributed by atoms with Crippen LogP contribution in [0.25, 0.3) is 0 Å². The van der Waals surface area contributed by atoms with Gasteiger partial charge in [0, 0.05) is 6.26 Å². The monoisotopic (exact) mass is 267 g/mol. The Morgan fingerprint density at radius 2 is 2.06 bits per heavy atom. The van der Waals surface area contributed by atoms with Crippen LogP contribution in [-0.2, 0) is 9.84 Å². The summed E-state index contributed by atoms with van der Waals surface area (Å²) in [6.45, 7) is 0.650. The van der Waals surface area contributed by atoms with Crippen LogP contribution in [0, 0.1) is 11.8 Å². The van der Waals surface area contributed by atoms with E-state index in [9.17, 15) is 8.42 Å². The molecular weight excluding hydrogens is 250 g/mol.